The molecule has 0 aliphatic carbocycles. The quantitative estimate of drug-likeness (QED) is 0.0222. The number of rotatable bonds is 69. The van der Waals surface area contributed by atoms with Gasteiger partial charge < -0.3 is 33.8 Å². The summed E-state index contributed by atoms with van der Waals surface area (Å²) in [7, 11) is -9.89. The molecule has 3 N–H and O–H groups in total. The molecule has 0 radical (unpaired) electrons. The van der Waals surface area contributed by atoms with Gasteiger partial charge in [-0.15, -0.1) is 0 Å². The van der Waals surface area contributed by atoms with Crippen molar-refractivity contribution in [1.29, 1.82) is 0 Å². The molecule has 0 saturated heterocycles. The van der Waals surface area contributed by atoms with Crippen LogP contribution in [0, 0.1) is 5.92 Å². The van der Waals surface area contributed by atoms with E-state index in [1.165, 1.54) is 173 Å². The lowest BCUT2D eigenvalue weighted by molar-refractivity contribution is -0.161. The molecule has 17 nitrogen and oxygen atoms in total. The largest absolute Gasteiger partial charge is 0.472 e. The summed E-state index contributed by atoms with van der Waals surface area (Å²) in [5, 5.41) is 10.6. The number of hydrogen-bond donors (Lipinski definition) is 3. The van der Waals surface area contributed by atoms with Crippen molar-refractivity contribution in [3.05, 3.63) is 0 Å². The lowest BCUT2D eigenvalue weighted by atomic mass is 10.0. The minimum atomic E-state index is -4.95. The monoisotopic (exact) mass is 1300 g/mol. The van der Waals surface area contributed by atoms with Gasteiger partial charge in [-0.1, -0.05) is 304 Å². The topological polar surface area (TPSA) is 237 Å². The van der Waals surface area contributed by atoms with E-state index in [0.717, 1.165) is 96.3 Å². The molecule has 0 rings (SSSR count). The Bertz CT molecular complexity index is 1700. The Balaban J connectivity index is 5.20. The number of esters is 4. The van der Waals surface area contributed by atoms with Crippen LogP contribution in [-0.2, 0) is 65.4 Å². The van der Waals surface area contributed by atoms with Crippen LogP contribution in [0.25, 0.3) is 0 Å². The number of hydrogen-bond acceptors (Lipinski definition) is 15. The van der Waals surface area contributed by atoms with E-state index < -0.39 is 97.5 Å². The zero-order chi connectivity index (χ0) is 64.9. The molecular formula is C69H134O17P2. The maximum absolute atomic E-state index is 13.0. The lowest BCUT2D eigenvalue weighted by Crippen LogP contribution is -2.30. The molecule has 0 amide bonds. The number of aliphatic hydroxyl groups is 1. The molecule has 522 valence electrons. The first-order chi connectivity index (χ1) is 42.5. The van der Waals surface area contributed by atoms with Gasteiger partial charge in [0.1, 0.15) is 19.3 Å². The molecule has 0 fully saturated rings. The predicted octanol–water partition coefficient (Wildman–Crippen LogP) is 19.7. The fraction of sp³-hybridized carbons (Fsp3) is 0.942. The van der Waals surface area contributed by atoms with Crippen LogP contribution in [0.3, 0.4) is 0 Å². The number of ether oxygens (including phenoxy) is 4. The highest BCUT2D eigenvalue weighted by Crippen LogP contribution is 2.45. The number of carbonyl (C=O) groups is 4. The fourth-order valence-corrected chi connectivity index (χ4v) is 12.0. The normalized spacial score (nSPS) is 14.1. The van der Waals surface area contributed by atoms with E-state index in [0.29, 0.717) is 31.6 Å². The number of aliphatic hydroxyl groups excluding tert-OH is 1. The summed E-state index contributed by atoms with van der Waals surface area (Å²) in [6, 6.07) is 0. The maximum atomic E-state index is 13.0. The van der Waals surface area contributed by atoms with Crippen LogP contribution < -0.4 is 0 Å². The second kappa shape index (κ2) is 62.5. The molecule has 0 saturated carbocycles. The first kappa shape index (κ1) is 86.1. The Morgan fingerprint density at radius 1 is 0.307 bits per heavy atom. The second-order valence-electron chi connectivity index (χ2n) is 25.4. The Kier molecular flexibility index (Phi) is 61.1. The lowest BCUT2D eigenvalue weighted by Gasteiger charge is -2.21. The van der Waals surface area contributed by atoms with Gasteiger partial charge in [0.05, 0.1) is 26.4 Å². The van der Waals surface area contributed by atoms with Crippen molar-refractivity contribution < 1.29 is 80.2 Å². The van der Waals surface area contributed by atoms with Crippen LogP contribution in [0.4, 0.5) is 0 Å². The molecule has 0 aromatic rings. The molecule has 0 heterocycles. The van der Waals surface area contributed by atoms with E-state index in [1.807, 2.05) is 0 Å². The Morgan fingerprint density at radius 3 is 0.773 bits per heavy atom. The van der Waals surface area contributed by atoms with Crippen molar-refractivity contribution in [3.63, 3.8) is 0 Å². The van der Waals surface area contributed by atoms with Gasteiger partial charge in [0.15, 0.2) is 12.2 Å². The minimum absolute atomic E-state index is 0.102. The highest BCUT2D eigenvalue weighted by molar-refractivity contribution is 7.47. The predicted molar refractivity (Wildman–Crippen MR) is 354 cm³/mol. The molecule has 0 bridgehead atoms. The van der Waals surface area contributed by atoms with Crippen LogP contribution in [0.1, 0.15) is 356 Å². The van der Waals surface area contributed by atoms with E-state index in [-0.39, 0.29) is 25.7 Å². The van der Waals surface area contributed by atoms with E-state index in [4.69, 9.17) is 37.0 Å². The Hall–Kier alpha value is -1.94. The van der Waals surface area contributed by atoms with Gasteiger partial charge in [0.25, 0.3) is 0 Å². The van der Waals surface area contributed by atoms with Crippen molar-refractivity contribution >= 4 is 39.5 Å². The van der Waals surface area contributed by atoms with Gasteiger partial charge in [-0.05, 0) is 31.6 Å². The molecule has 19 heteroatoms. The SMILES string of the molecule is CCCCCCCCCCCCCCCCCCCC(=O)O[C@H](COC(=O)CCCCCCCCCCCCCCCC)COP(=O)(O)OC[C@@H](O)COP(=O)(O)OC[C@@H](COC(=O)CCCCCCCCCC)OC(=O)CCCCCCCCC(C)C. The van der Waals surface area contributed by atoms with Crippen LogP contribution in [0.2, 0.25) is 0 Å². The van der Waals surface area contributed by atoms with Crippen LogP contribution in [0.15, 0.2) is 0 Å². The number of carbonyl (C=O) groups excluding carboxylic acids is 4. The summed E-state index contributed by atoms with van der Waals surface area (Å²) in [5.41, 5.74) is 0. The Labute approximate surface area is 537 Å². The second-order valence-corrected chi connectivity index (χ2v) is 28.3. The van der Waals surface area contributed by atoms with Gasteiger partial charge in [-0.2, -0.15) is 0 Å². The smallest absolute Gasteiger partial charge is 0.462 e. The standard InChI is InChI=1S/C69H134O17P2/c1-6-9-12-15-18-21-23-25-27-28-29-31-33-35-38-44-49-54-68(73)85-64(58-80-67(72)53-48-43-37-34-32-30-26-24-22-19-16-13-10-7-2)60-83-87(75,76)81-56-63(70)57-82-88(77,78)84-61-65(59-79-66(71)52-47-42-36-20-17-14-11-8-3)86-69(74)55-50-45-40-39-41-46-51-62(4)5/h62-65,70H,6-61H2,1-5H3,(H,75,76)(H,77,78)/t63-,64-,65-/m1/s1. The zero-order valence-corrected chi connectivity index (χ0v) is 58.6. The molecular weight excluding hydrogens is 1160 g/mol. The highest BCUT2D eigenvalue weighted by atomic mass is 31.2. The number of unbranched alkanes of at least 4 members (excludes halogenated alkanes) is 41. The van der Waals surface area contributed by atoms with E-state index in [2.05, 4.69) is 34.6 Å². The fourth-order valence-electron chi connectivity index (χ4n) is 10.5. The summed E-state index contributed by atoms with van der Waals surface area (Å²) in [6.07, 6.45) is 48.8. The minimum Gasteiger partial charge on any atom is -0.462 e. The van der Waals surface area contributed by atoms with Crippen molar-refractivity contribution in [2.24, 2.45) is 5.92 Å². The number of phosphoric ester groups is 2. The first-order valence-corrected chi connectivity index (χ1v) is 39.1. The average Bonchev–Trinajstić information content (AvgIpc) is 3.68. The first-order valence-electron chi connectivity index (χ1n) is 36.1. The summed E-state index contributed by atoms with van der Waals surface area (Å²) >= 11 is 0. The summed E-state index contributed by atoms with van der Waals surface area (Å²) in [5.74, 6) is -1.46. The third-order valence-corrected chi connectivity index (χ3v) is 17.9. The molecule has 2 unspecified atom stereocenters. The molecule has 0 aliphatic rings. The van der Waals surface area contributed by atoms with Gasteiger partial charge in [-0.3, -0.25) is 37.3 Å². The van der Waals surface area contributed by atoms with Gasteiger partial charge in [0, 0.05) is 25.7 Å². The van der Waals surface area contributed by atoms with E-state index in [1.54, 1.807) is 0 Å². The van der Waals surface area contributed by atoms with Crippen LogP contribution in [0.5, 0.6) is 0 Å². The van der Waals surface area contributed by atoms with Crippen LogP contribution >= 0.6 is 15.6 Å². The van der Waals surface area contributed by atoms with Crippen molar-refractivity contribution in [1.82, 2.24) is 0 Å². The average molecular weight is 1300 g/mol. The molecule has 0 aromatic heterocycles. The summed E-state index contributed by atoms with van der Waals surface area (Å²) in [6.45, 7) is 7.12. The third kappa shape index (κ3) is 62.8. The van der Waals surface area contributed by atoms with Crippen molar-refractivity contribution in [2.45, 2.75) is 374 Å². The number of phosphoric acid groups is 2. The van der Waals surface area contributed by atoms with Crippen molar-refractivity contribution in [2.75, 3.05) is 39.6 Å². The molecule has 5 atom stereocenters. The molecule has 0 aromatic carbocycles. The van der Waals surface area contributed by atoms with E-state index >= 15 is 0 Å². The zero-order valence-electron chi connectivity index (χ0n) is 56.9. The third-order valence-electron chi connectivity index (χ3n) is 16.0. The van der Waals surface area contributed by atoms with Crippen LogP contribution in [-0.4, -0.2) is 96.7 Å². The molecule has 0 spiro atoms. The summed E-state index contributed by atoms with van der Waals surface area (Å²) < 4.78 is 68.1. The Morgan fingerprint density at radius 2 is 0.523 bits per heavy atom. The summed E-state index contributed by atoms with van der Waals surface area (Å²) in [4.78, 5) is 72.3. The maximum Gasteiger partial charge on any atom is 0.472 e. The van der Waals surface area contributed by atoms with E-state index in [9.17, 15) is 43.2 Å². The molecule has 0 aliphatic heterocycles. The van der Waals surface area contributed by atoms with Gasteiger partial charge in [-0.25, -0.2) is 9.13 Å². The van der Waals surface area contributed by atoms with Gasteiger partial charge in [0.2, 0.25) is 0 Å². The van der Waals surface area contributed by atoms with Crippen molar-refractivity contribution in [3.8, 4) is 0 Å². The van der Waals surface area contributed by atoms with Gasteiger partial charge >= 0.3 is 39.5 Å². The molecule has 88 heavy (non-hydrogen) atoms. The highest BCUT2D eigenvalue weighted by Gasteiger charge is 2.30.